The SMILES string of the molecule is CC(C)(C)S(=N)NC(C1=CNNc2ccccc21)C1CC1. The fourth-order valence-electron chi connectivity index (χ4n) is 2.52. The summed E-state index contributed by atoms with van der Waals surface area (Å²) in [5, 5.41) is 0. The first kappa shape index (κ1) is 14.6. The zero-order valence-corrected chi connectivity index (χ0v) is 13.7. The molecule has 0 saturated heterocycles. The van der Waals surface area contributed by atoms with E-state index in [2.05, 4.69) is 60.7 Å². The predicted molar refractivity (Wildman–Crippen MR) is 90.7 cm³/mol. The largest absolute Gasteiger partial charge is 0.308 e. The standard InChI is InChI=1S/C16H24N4S/c1-16(2,3)21(17)20-15(11-8-9-11)13-10-18-19-14-7-5-4-6-12(13)14/h4-7,10-11,15,18-19H,8-9H2,1-3H3,(H2,17,20). The Bertz CT molecular complexity index is 584. The van der Waals surface area contributed by atoms with Crippen LogP contribution in [0.4, 0.5) is 5.69 Å². The molecule has 1 aliphatic heterocycles. The van der Waals surface area contributed by atoms with Crippen LogP contribution in [0.3, 0.4) is 0 Å². The van der Waals surface area contributed by atoms with Crippen LogP contribution in [0.5, 0.6) is 0 Å². The fraction of sp³-hybridized carbons (Fsp3) is 0.500. The van der Waals surface area contributed by atoms with E-state index in [1.165, 1.54) is 24.0 Å². The van der Waals surface area contributed by atoms with Gasteiger partial charge in [0.05, 0.1) is 5.69 Å². The molecule has 2 atom stereocenters. The molecule has 0 amide bonds. The second kappa shape index (κ2) is 5.46. The average Bonchev–Trinajstić information content (AvgIpc) is 3.27. The van der Waals surface area contributed by atoms with E-state index in [0.717, 1.165) is 5.69 Å². The van der Waals surface area contributed by atoms with Gasteiger partial charge in [-0.25, -0.2) is 4.72 Å². The van der Waals surface area contributed by atoms with Crippen LogP contribution in [0.1, 0.15) is 39.2 Å². The molecule has 114 valence electrons. The number of nitrogens with one attached hydrogen (secondary N) is 4. The van der Waals surface area contributed by atoms with Gasteiger partial charge in [0.25, 0.3) is 0 Å². The van der Waals surface area contributed by atoms with Crippen molar-refractivity contribution in [2.24, 2.45) is 5.92 Å². The molecular formula is C16H24N4S. The molecule has 0 aromatic heterocycles. The summed E-state index contributed by atoms with van der Waals surface area (Å²) in [6, 6.07) is 8.63. The molecular weight excluding hydrogens is 280 g/mol. The summed E-state index contributed by atoms with van der Waals surface area (Å²) < 4.78 is 12.0. The second-order valence-electron chi connectivity index (χ2n) is 6.77. The van der Waals surface area contributed by atoms with E-state index in [1.54, 1.807) is 0 Å². The van der Waals surface area contributed by atoms with Gasteiger partial charge in [-0.2, -0.15) is 0 Å². The lowest BCUT2D eigenvalue weighted by atomic mass is 9.94. The summed E-state index contributed by atoms with van der Waals surface area (Å²) in [6.45, 7) is 6.38. The quantitative estimate of drug-likeness (QED) is 0.689. The van der Waals surface area contributed by atoms with Crippen molar-refractivity contribution in [3.63, 3.8) is 0 Å². The average molecular weight is 304 g/mol. The van der Waals surface area contributed by atoms with Crippen molar-refractivity contribution in [3.8, 4) is 0 Å². The predicted octanol–water partition coefficient (Wildman–Crippen LogP) is 3.42. The maximum absolute atomic E-state index is 8.43. The highest BCUT2D eigenvalue weighted by Crippen LogP contribution is 2.41. The maximum atomic E-state index is 8.43. The highest BCUT2D eigenvalue weighted by atomic mass is 32.2. The highest BCUT2D eigenvalue weighted by Gasteiger charge is 2.37. The van der Waals surface area contributed by atoms with Crippen molar-refractivity contribution < 1.29 is 0 Å². The van der Waals surface area contributed by atoms with Gasteiger partial charge in [-0.05, 0) is 62.0 Å². The Kier molecular flexibility index (Phi) is 3.80. The Morgan fingerprint density at radius 2 is 2.00 bits per heavy atom. The third-order valence-electron chi connectivity index (χ3n) is 3.96. The van der Waals surface area contributed by atoms with Crippen LogP contribution in [0, 0.1) is 10.7 Å². The number of anilines is 1. The molecule has 4 nitrogen and oxygen atoms in total. The molecule has 4 N–H and O–H groups in total. The van der Waals surface area contributed by atoms with E-state index in [1.807, 2.05) is 6.07 Å². The monoisotopic (exact) mass is 304 g/mol. The summed E-state index contributed by atoms with van der Waals surface area (Å²) in [7, 11) is -0.565. The number of rotatable bonds is 4. The van der Waals surface area contributed by atoms with Crippen LogP contribution in [-0.4, -0.2) is 10.8 Å². The van der Waals surface area contributed by atoms with Gasteiger partial charge >= 0.3 is 0 Å². The summed E-state index contributed by atoms with van der Waals surface area (Å²) in [6.07, 6.45) is 4.57. The van der Waals surface area contributed by atoms with Crippen LogP contribution >= 0.6 is 0 Å². The first-order valence-corrected chi connectivity index (χ1v) is 8.72. The summed E-state index contributed by atoms with van der Waals surface area (Å²) in [5.74, 6) is 0.659. The molecule has 1 saturated carbocycles. The summed E-state index contributed by atoms with van der Waals surface area (Å²) >= 11 is 0. The van der Waals surface area contributed by atoms with Crippen LogP contribution in [0.15, 0.2) is 30.5 Å². The van der Waals surface area contributed by atoms with Gasteiger partial charge in [-0.1, -0.05) is 18.2 Å². The Labute approximate surface area is 129 Å². The first-order valence-electron chi connectivity index (χ1n) is 7.49. The number of hydrazine groups is 1. The van der Waals surface area contributed by atoms with E-state index in [0.29, 0.717) is 5.92 Å². The minimum absolute atomic E-state index is 0.0342. The van der Waals surface area contributed by atoms with E-state index < -0.39 is 10.9 Å². The zero-order valence-electron chi connectivity index (χ0n) is 12.9. The molecule has 0 radical (unpaired) electrons. The molecule has 2 unspecified atom stereocenters. The molecule has 5 heteroatoms. The lowest BCUT2D eigenvalue weighted by Gasteiger charge is -2.31. The van der Waals surface area contributed by atoms with Crippen molar-refractivity contribution >= 4 is 22.1 Å². The molecule has 21 heavy (non-hydrogen) atoms. The molecule has 1 heterocycles. The van der Waals surface area contributed by atoms with Gasteiger partial charge in [0.15, 0.2) is 0 Å². The zero-order chi connectivity index (χ0) is 15.0. The third kappa shape index (κ3) is 3.14. The van der Waals surface area contributed by atoms with Crippen molar-refractivity contribution in [2.45, 2.75) is 44.4 Å². The van der Waals surface area contributed by atoms with E-state index >= 15 is 0 Å². The van der Waals surface area contributed by atoms with Gasteiger partial charge in [0.2, 0.25) is 0 Å². The maximum Gasteiger partial charge on any atom is 0.0615 e. The molecule has 1 aromatic rings. The Hall–Kier alpha value is -1.33. The number of hydrogen-bond acceptors (Lipinski definition) is 3. The first-order chi connectivity index (χ1) is 9.97. The van der Waals surface area contributed by atoms with Crippen molar-refractivity contribution in [1.82, 2.24) is 10.1 Å². The molecule has 1 fully saturated rings. The summed E-state index contributed by atoms with van der Waals surface area (Å²) in [5.41, 5.74) is 9.98. The van der Waals surface area contributed by atoms with Gasteiger partial charge in [0.1, 0.15) is 0 Å². The second-order valence-corrected chi connectivity index (χ2v) is 8.84. The van der Waals surface area contributed by atoms with E-state index in [4.69, 9.17) is 4.78 Å². The van der Waals surface area contributed by atoms with Crippen molar-refractivity contribution in [3.05, 3.63) is 36.0 Å². The topological polar surface area (TPSA) is 59.9 Å². The molecule has 2 aliphatic rings. The molecule has 3 rings (SSSR count). The van der Waals surface area contributed by atoms with Crippen LogP contribution < -0.4 is 15.6 Å². The minimum Gasteiger partial charge on any atom is -0.308 e. The Morgan fingerprint density at radius 1 is 1.29 bits per heavy atom. The normalized spacial score (nSPS) is 20.6. The Morgan fingerprint density at radius 3 is 2.67 bits per heavy atom. The number of para-hydroxylation sites is 1. The lowest BCUT2D eigenvalue weighted by molar-refractivity contribution is 0.661. The number of hydrogen-bond donors (Lipinski definition) is 4. The van der Waals surface area contributed by atoms with Crippen molar-refractivity contribution in [2.75, 3.05) is 5.43 Å². The number of fused-ring (bicyclic) bond motifs is 1. The lowest BCUT2D eigenvalue weighted by Crippen LogP contribution is -2.42. The third-order valence-corrected chi connectivity index (χ3v) is 5.67. The van der Waals surface area contributed by atoms with E-state index in [-0.39, 0.29) is 10.8 Å². The van der Waals surface area contributed by atoms with Gasteiger partial charge in [-0.3, -0.25) is 4.78 Å². The Balaban J connectivity index is 1.88. The van der Waals surface area contributed by atoms with Crippen LogP contribution in [-0.2, 0) is 10.9 Å². The minimum atomic E-state index is -0.565. The smallest absolute Gasteiger partial charge is 0.0615 e. The van der Waals surface area contributed by atoms with Gasteiger partial charge in [-0.15, -0.1) is 0 Å². The van der Waals surface area contributed by atoms with Crippen molar-refractivity contribution in [1.29, 1.82) is 4.78 Å². The summed E-state index contributed by atoms with van der Waals surface area (Å²) in [4.78, 5) is 0. The van der Waals surface area contributed by atoms with Crippen LogP contribution in [0.2, 0.25) is 0 Å². The van der Waals surface area contributed by atoms with Gasteiger partial charge < -0.3 is 10.9 Å². The fourth-order valence-corrected chi connectivity index (χ4v) is 3.44. The molecule has 0 spiro atoms. The highest BCUT2D eigenvalue weighted by molar-refractivity contribution is 7.85. The molecule has 0 bridgehead atoms. The molecule has 1 aliphatic carbocycles. The van der Waals surface area contributed by atoms with Crippen LogP contribution in [0.25, 0.3) is 5.57 Å². The van der Waals surface area contributed by atoms with E-state index in [9.17, 15) is 0 Å². The molecule has 1 aromatic carbocycles. The number of benzene rings is 1. The van der Waals surface area contributed by atoms with Gasteiger partial charge in [0, 0.05) is 22.6 Å².